The predicted octanol–water partition coefficient (Wildman–Crippen LogP) is 5.33. The number of rotatable bonds is 6. The maximum atomic E-state index is 6.41. The third-order valence-electron chi connectivity index (χ3n) is 5.50. The Hall–Kier alpha value is -1.38. The molecule has 31 heavy (non-hydrogen) atoms. The van der Waals surface area contributed by atoms with Crippen molar-refractivity contribution >= 4 is 65.4 Å². The average Bonchev–Trinajstić information content (AvgIpc) is 3.45. The summed E-state index contributed by atoms with van der Waals surface area (Å²) in [6.45, 7) is 2.45. The Morgan fingerprint density at radius 3 is 2.77 bits per heavy atom. The Morgan fingerprint density at radius 1 is 1.13 bits per heavy atom. The van der Waals surface area contributed by atoms with E-state index in [0.717, 1.165) is 61.6 Å². The number of hydrogen-bond acceptors (Lipinski definition) is 5. The molecule has 2 aromatic heterocycles. The van der Waals surface area contributed by atoms with Crippen LogP contribution in [-0.4, -0.2) is 40.2 Å². The average molecular weight is 501 g/mol. The molecular weight excluding hydrogens is 477 g/mol. The number of nitrogens with zero attached hydrogens (tertiary/aromatic N) is 3. The van der Waals surface area contributed by atoms with Crippen LogP contribution in [0.25, 0.3) is 11.2 Å². The molecule has 1 aliphatic carbocycles. The van der Waals surface area contributed by atoms with E-state index in [1.54, 1.807) is 12.1 Å². The standard InChI is InChI=1S/C21H22Cl3N5O.H2S/c22-13-8-12(19(16(23)9-13)30-15-3-4-15)10-25-14-2-1-7-29(11-14)21-26-17-5-6-18(24)27-20(17)28-21;/h5-6,8-9,14-15,25H,1-4,7,10-11H2,(H,26,27,28);1H2/t14-;/m0./s1. The molecule has 0 spiro atoms. The maximum Gasteiger partial charge on any atom is 0.205 e. The molecule has 0 amide bonds. The highest BCUT2D eigenvalue weighted by Gasteiger charge is 2.27. The molecule has 1 atom stereocenters. The van der Waals surface area contributed by atoms with Crippen molar-refractivity contribution in [2.75, 3.05) is 18.0 Å². The summed E-state index contributed by atoms with van der Waals surface area (Å²) in [5.74, 6) is 1.58. The van der Waals surface area contributed by atoms with Gasteiger partial charge in [0.1, 0.15) is 10.9 Å². The van der Waals surface area contributed by atoms with Gasteiger partial charge >= 0.3 is 0 Å². The molecule has 166 valence electrons. The Bertz CT molecular complexity index is 1070. The molecule has 6 nitrogen and oxygen atoms in total. The molecule has 3 aromatic rings. The van der Waals surface area contributed by atoms with E-state index in [2.05, 4.69) is 25.2 Å². The summed E-state index contributed by atoms with van der Waals surface area (Å²) in [5, 5.41) is 5.30. The van der Waals surface area contributed by atoms with Gasteiger partial charge < -0.3 is 19.9 Å². The fraction of sp³-hybridized carbons (Fsp3) is 0.429. The Labute approximate surface area is 203 Å². The van der Waals surface area contributed by atoms with Crippen LogP contribution >= 0.6 is 48.3 Å². The van der Waals surface area contributed by atoms with Gasteiger partial charge in [-0.05, 0) is 49.9 Å². The van der Waals surface area contributed by atoms with Gasteiger partial charge in [-0.3, -0.25) is 0 Å². The summed E-state index contributed by atoms with van der Waals surface area (Å²) in [4.78, 5) is 14.5. The summed E-state index contributed by atoms with van der Waals surface area (Å²) < 4.78 is 6.04. The molecule has 1 aromatic carbocycles. The first kappa shape index (κ1) is 22.8. The largest absolute Gasteiger partial charge is 0.489 e. The van der Waals surface area contributed by atoms with Crippen LogP contribution in [-0.2, 0) is 6.54 Å². The lowest BCUT2D eigenvalue weighted by atomic mass is 10.1. The van der Waals surface area contributed by atoms with Crippen molar-refractivity contribution in [3.05, 3.63) is 45.0 Å². The minimum Gasteiger partial charge on any atom is -0.489 e. The van der Waals surface area contributed by atoms with Crippen LogP contribution in [0, 0.1) is 0 Å². The molecule has 2 N–H and O–H groups in total. The lowest BCUT2D eigenvalue weighted by Gasteiger charge is -2.33. The molecule has 2 aliphatic rings. The fourth-order valence-electron chi connectivity index (χ4n) is 3.83. The Kier molecular flexibility index (Phi) is 7.08. The zero-order valence-electron chi connectivity index (χ0n) is 16.8. The quantitative estimate of drug-likeness (QED) is 0.448. The normalized spacial score (nSPS) is 18.8. The van der Waals surface area contributed by atoms with E-state index >= 15 is 0 Å². The number of piperidine rings is 1. The lowest BCUT2D eigenvalue weighted by Crippen LogP contribution is -2.46. The summed E-state index contributed by atoms with van der Waals surface area (Å²) in [6.07, 6.45) is 4.61. The van der Waals surface area contributed by atoms with Gasteiger partial charge in [-0.1, -0.05) is 34.8 Å². The van der Waals surface area contributed by atoms with Crippen LogP contribution < -0.4 is 15.0 Å². The third kappa shape index (κ3) is 5.34. The van der Waals surface area contributed by atoms with Crippen molar-refractivity contribution in [2.24, 2.45) is 0 Å². The minimum atomic E-state index is 0. The van der Waals surface area contributed by atoms with Crippen LogP contribution in [0.2, 0.25) is 15.2 Å². The second-order valence-electron chi connectivity index (χ2n) is 7.92. The van der Waals surface area contributed by atoms with Crippen LogP contribution in [0.3, 0.4) is 0 Å². The second kappa shape index (κ2) is 9.63. The van der Waals surface area contributed by atoms with Crippen LogP contribution in [0.1, 0.15) is 31.2 Å². The van der Waals surface area contributed by atoms with Crippen LogP contribution in [0.15, 0.2) is 24.3 Å². The van der Waals surface area contributed by atoms with E-state index < -0.39 is 0 Å². The summed E-state index contributed by atoms with van der Waals surface area (Å²) in [5.41, 5.74) is 2.53. The molecule has 10 heteroatoms. The highest BCUT2D eigenvalue weighted by atomic mass is 35.5. The van der Waals surface area contributed by atoms with Crippen LogP contribution in [0.4, 0.5) is 5.95 Å². The Morgan fingerprint density at radius 2 is 1.97 bits per heavy atom. The first-order valence-corrected chi connectivity index (χ1v) is 11.3. The molecule has 3 heterocycles. The highest BCUT2D eigenvalue weighted by molar-refractivity contribution is 7.59. The van der Waals surface area contributed by atoms with Gasteiger partial charge in [-0.15, -0.1) is 0 Å². The van der Waals surface area contributed by atoms with E-state index in [4.69, 9.17) is 39.5 Å². The van der Waals surface area contributed by atoms with Crippen molar-refractivity contribution in [3.63, 3.8) is 0 Å². The maximum absolute atomic E-state index is 6.41. The van der Waals surface area contributed by atoms with E-state index in [-0.39, 0.29) is 19.6 Å². The monoisotopic (exact) mass is 499 g/mol. The van der Waals surface area contributed by atoms with Gasteiger partial charge in [0.2, 0.25) is 5.95 Å². The van der Waals surface area contributed by atoms with Crippen molar-refractivity contribution in [1.82, 2.24) is 20.3 Å². The lowest BCUT2D eigenvalue weighted by molar-refractivity contribution is 0.298. The molecule has 0 unspecified atom stereocenters. The molecule has 1 aliphatic heterocycles. The number of pyridine rings is 1. The van der Waals surface area contributed by atoms with Crippen molar-refractivity contribution in [3.8, 4) is 5.75 Å². The Balaban J connectivity index is 0.00000231. The van der Waals surface area contributed by atoms with Gasteiger partial charge in [0.15, 0.2) is 5.65 Å². The number of H-pyrrole nitrogens is 1. The van der Waals surface area contributed by atoms with E-state index in [0.29, 0.717) is 33.4 Å². The van der Waals surface area contributed by atoms with E-state index in [1.807, 2.05) is 12.1 Å². The van der Waals surface area contributed by atoms with E-state index in [9.17, 15) is 0 Å². The second-order valence-corrected chi connectivity index (χ2v) is 9.16. The van der Waals surface area contributed by atoms with Crippen molar-refractivity contribution < 1.29 is 4.74 Å². The molecule has 0 radical (unpaired) electrons. The van der Waals surface area contributed by atoms with E-state index in [1.165, 1.54) is 0 Å². The van der Waals surface area contributed by atoms with Crippen molar-refractivity contribution in [2.45, 2.75) is 44.4 Å². The number of fused-ring (bicyclic) bond motifs is 1. The fourth-order valence-corrected chi connectivity index (χ4v) is 4.55. The number of aromatic nitrogens is 3. The SMILES string of the molecule is Clc1cc(Cl)c(OC2CC2)c(CN[C@H]2CCCN(c3nc4nc(Cl)ccc4[nH]3)C2)c1.S. The third-order valence-corrected chi connectivity index (χ3v) is 6.21. The number of ether oxygens (including phenoxy) is 1. The molecule has 1 saturated heterocycles. The topological polar surface area (TPSA) is 66.1 Å². The summed E-state index contributed by atoms with van der Waals surface area (Å²) >= 11 is 18.6. The smallest absolute Gasteiger partial charge is 0.205 e. The first-order chi connectivity index (χ1) is 14.5. The number of anilines is 1. The number of nitrogens with one attached hydrogen (secondary N) is 2. The molecule has 1 saturated carbocycles. The molecule has 0 bridgehead atoms. The van der Waals surface area contributed by atoms with Gasteiger partial charge in [0.25, 0.3) is 0 Å². The predicted molar refractivity (Wildman–Crippen MR) is 131 cm³/mol. The first-order valence-electron chi connectivity index (χ1n) is 10.2. The van der Waals surface area contributed by atoms with Gasteiger partial charge in [-0.2, -0.15) is 18.5 Å². The molecule has 2 fully saturated rings. The van der Waals surface area contributed by atoms with Gasteiger partial charge in [-0.25, -0.2) is 4.98 Å². The molecular formula is C21H24Cl3N5OS. The number of imidazole rings is 1. The summed E-state index contributed by atoms with van der Waals surface area (Å²) in [6, 6.07) is 7.67. The number of halogens is 3. The zero-order chi connectivity index (χ0) is 20.7. The van der Waals surface area contributed by atoms with Crippen LogP contribution in [0.5, 0.6) is 5.75 Å². The number of aromatic amines is 1. The number of hydrogen-bond donors (Lipinski definition) is 2. The zero-order valence-corrected chi connectivity index (χ0v) is 20.1. The minimum absolute atomic E-state index is 0. The summed E-state index contributed by atoms with van der Waals surface area (Å²) in [7, 11) is 0. The van der Waals surface area contributed by atoms with Crippen molar-refractivity contribution in [1.29, 1.82) is 0 Å². The number of benzene rings is 1. The highest BCUT2D eigenvalue weighted by Crippen LogP contribution is 2.37. The molecule has 5 rings (SSSR count). The van der Waals surface area contributed by atoms with Gasteiger partial charge in [0, 0.05) is 36.3 Å². The van der Waals surface area contributed by atoms with Gasteiger partial charge in [0.05, 0.1) is 16.6 Å².